The van der Waals surface area contributed by atoms with Crippen molar-refractivity contribution in [1.29, 1.82) is 0 Å². The van der Waals surface area contributed by atoms with Crippen molar-refractivity contribution in [2.75, 3.05) is 6.54 Å². The number of aliphatic carboxylic acids is 1. The van der Waals surface area contributed by atoms with Crippen LogP contribution in [-0.4, -0.2) is 35.6 Å². The van der Waals surface area contributed by atoms with E-state index in [-0.39, 0.29) is 5.56 Å². The van der Waals surface area contributed by atoms with Gasteiger partial charge in [0.15, 0.2) is 6.04 Å². The molecule has 1 aromatic rings. The van der Waals surface area contributed by atoms with E-state index in [4.69, 9.17) is 16.7 Å². The summed E-state index contributed by atoms with van der Waals surface area (Å²) in [5.41, 5.74) is 0.200. The molecule has 3 N–H and O–H groups in total. The van der Waals surface area contributed by atoms with Crippen molar-refractivity contribution < 1.29 is 32.7 Å². The lowest BCUT2D eigenvalue weighted by atomic mass is 10.1. The second-order valence-corrected chi connectivity index (χ2v) is 4.90. The van der Waals surface area contributed by atoms with Crippen LogP contribution in [0.2, 0.25) is 5.02 Å². The van der Waals surface area contributed by atoms with Gasteiger partial charge in [-0.3, -0.25) is 9.59 Å². The third-order valence-electron chi connectivity index (χ3n) is 2.56. The Morgan fingerprint density at radius 2 is 1.70 bits per heavy atom. The number of alkyl halides is 3. The van der Waals surface area contributed by atoms with Gasteiger partial charge in [0, 0.05) is 5.02 Å². The molecular formula is C13H12ClF3N2O4. The van der Waals surface area contributed by atoms with Gasteiger partial charge in [-0.1, -0.05) is 23.7 Å². The lowest BCUT2D eigenvalue weighted by molar-refractivity contribution is -0.144. The summed E-state index contributed by atoms with van der Waals surface area (Å²) in [6.07, 6.45) is -5.52. The highest BCUT2D eigenvalue weighted by Gasteiger charge is 2.28. The number of carboxylic acid groups (broad SMARTS) is 1. The molecule has 0 spiro atoms. The number of halogens is 4. The SMILES string of the molecule is O=C(CC(=O)NC(C(=O)O)c1ccc(Cl)cc1)NCC(F)(F)F. The van der Waals surface area contributed by atoms with Crippen molar-refractivity contribution in [3.05, 3.63) is 34.9 Å². The standard InChI is InChI=1S/C13H12ClF3N2O4/c14-8-3-1-7(2-4-8)11(12(22)23)19-10(21)5-9(20)18-6-13(15,16)17/h1-4,11H,5-6H2,(H,18,20)(H,19,21)(H,22,23). The number of carbonyl (C=O) groups is 3. The van der Waals surface area contributed by atoms with E-state index in [2.05, 4.69) is 5.32 Å². The maximum Gasteiger partial charge on any atom is 0.405 e. The van der Waals surface area contributed by atoms with Crippen molar-refractivity contribution in [3.8, 4) is 0 Å². The van der Waals surface area contributed by atoms with Crippen LogP contribution < -0.4 is 10.6 Å². The molecule has 0 bridgehead atoms. The normalized spacial score (nSPS) is 12.3. The fourth-order valence-corrected chi connectivity index (χ4v) is 1.69. The van der Waals surface area contributed by atoms with E-state index in [0.717, 1.165) is 0 Å². The third-order valence-corrected chi connectivity index (χ3v) is 2.81. The van der Waals surface area contributed by atoms with Gasteiger partial charge in [-0.15, -0.1) is 0 Å². The van der Waals surface area contributed by atoms with Crippen LogP contribution in [0.3, 0.4) is 0 Å². The molecule has 1 unspecified atom stereocenters. The number of amides is 2. The zero-order valence-electron chi connectivity index (χ0n) is 11.5. The summed E-state index contributed by atoms with van der Waals surface area (Å²) in [6, 6.07) is 4.11. The van der Waals surface area contributed by atoms with Crippen LogP contribution in [-0.2, 0) is 14.4 Å². The Balaban J connectivity index is 2.63. The molecule has 10 heteroatoms. The van der Waals surface area contributed by atoms with Gasteiger partial charge in [-0.05, 0) is 17.7 Å². The van der Waals surface area contributed by atoms with Crippen LogP contribution in [0, 0.1) is 0 Å². The van der Waals surface area contributed by atoms with Gasteiger partial charge >= 0.3 is 12.1 Å². The van der Waals surface area contributed by atoms with E-state index >= 15 is 0 Å². The molecule has 126 valence electrons. The van der Waals surface area contributed by atoms with E-state index in [9.17, 15) is 27.6 Å². The Kier molecular flexibility index (Phi) is 6.38. The molecule has 1 atom stereocenters. The molecule has 0 fully saturated rings. The Morgan fingerprint density at radius 1 is 1.13 bits per heavy atom. The number of carbonyl (C=O) groups excluding carboxylic acids is 2. The van der Waals surface area contributed by atoms with Gasteiger partial charge in [0.25, 0.3) is 0 Å². The monoisotopic (exact) mass is 352 g/mol. The Bertz CT molecular complexity index is 590. The van der Waals surface area contributed by atoms with Gasteiger partial charge in [0.05, 0.1) is 0 Å². The zero-order chi connectivity index (χ0) is 17.6. The van der Waals surface area contributed by atoms with Gasteiger partial charge < -0.3 is 15.7 Å². The van der Waals surface area contributed by atoms with Crippen LogP contribution in [0.5, 0.6) is 0 Å². The van der Waals surface area contributed by atoms with Crippen molar-refractivity contribution in [2.45, 2.75) is 18.6 Å². The summed E-state index contributed by atoms with van der Waals surface area (Å²) in [4.78, 5) is 34.0. The molecule has 0 aromatic heterocycles. The molecule has 0 aliphatic carbocycles. The van der Waals surface area contributed by atoms with Crippen molar-refractivity contribution in [1.82, 2.24) is 10.6 Å². The fraction of sp³-hybridized carbons (Fsp3) is 0.308. The average molecular weight is 353 g/mol. The topological polar surface area (TPSA) is 95.5 Å². The minimum Gasteiger partial charge on any atom is -0.479 e. The van der Waals surface area contributed by atoms with Crippen molar-refractivity contribution >= 4 is 29.4 Å². The molecule has 0 heterocycles. The van der Waals surface area contributed by atoms with E-state index in [1.165, 1.54) is 29.6 Å². The number of rotatable bonds is 6. The van der Waals surface area contributed by atoms with Crippen molar-refractivity contribution in [3.63, 3.8) is 0 Å². The number of hydrogen-bond donors (Lipinski definition) is 3. The lowest BCUT2D eigenvalue weighted by Gasteiger charge is -2.15. The predicted octanol–water partition coefficient (Wildman–Crippen LogP) is 1.65. The van der Waals surface area contributed by atoms with E-state index in [1.807, 2.05) is 0 Å². The highest BCUT2D eigenvalue weighted by Crippen LogP contribution is 2.17. The van der Waals surface area contributed by atoms with Crippen LogP contribution in [0.1, 0.15) is 18.0 Å². The summed E-state index contributed by atoms with van der Waals surface area (Å²) in [5, 5.41) is 13.0. The molecule has 0 aliphatic rings. The van der Waals surface area contributed by atoms with Gasteiger partial charge in [0.2, 0.25) is 11.8 Å². The van der Waals surface area contributed by atoms with Gasteiger partial charge in [-0.25, -0.2) is 4.79 Å². The first kappa shape index (κ1) is 18.8. The fourth-order valence-electron chi connectivity index (χ4n) is 1.56. The van der Waals surface area contributed by atoms with Crippen LogP contribution in [0.15, 0.2) is 24.3 Å². The minimum atomic E-state index is -4.60. The third kappa shape index (κ3) is 7.00. The summed E-state index contributed by atoms with van der Waals surface area (Å²) in [6.45, 7) is -1.57. The number of hydrogen-bond acceptors (Lipinski definition) is 3. The summed E-state index contributed by atoms with van der Waals surface area (Å²) in [5.74, 6) is -3.58. The molecule has 0 radical (unpaired) electrons. The highest BCUT2D eigenvalue weighted by atomic mass is 35.5. The first-order valence-electron chi connectivity index (χ1n) is 6.19. The molecule has 23 heavy (non-hydrogen) atoms. The molecule has 6 nitrogen and oxygen atoms in total. The van der Waals surface area contributed by atoms with E-state index in [0.29, 0.717) is 5.02 Å². The van der Waals surface area contributed by atoms with Gasteiger partial charge in [-0.2, -0.15) is 13.2 Å². The second-order valence-electron chi connectivity index (χ2n) is 4.46. The van der Waals surface area contributed by atoms with Gasteiger partial charge in [0.1, 0.15) is 13.0 Å². The van der Waals surface area contributed by atoms with E-state index < -0.39 is 43.0 Å². The molecule has 0 aliphatic heterocycles. The molecule has 1 aromatic carbocycles. The Labute approximate surface area is 133 Å². The predicted molar refractivity (Wildman–Crippen MR) is 73.7 cm³/mol. The second kappa shape index (κ2) is 7.82. The number of carboxylic acids is 1. The Hall–Kier alpha value is -2.29. The molecule has 1 rings (SSSR count). The zero-order valence-corrected chi connectivity index (χ0v) is 12.2. The smallest absolute Gasteiger partial charge is 0.405 e. The molecular weight excluding hydrogens is 341 g/mol. The summed E-state index contributed by atoms with van der Waals surface area (Å²) < 4.78 is 35.8. The molecule has 2 amide bonds. The number of benzene rings is 1. The lowest BCUT2D eigenvalue weighted by Crippen LogP contribution is -2.39. The number of nitrogens with one attached hydrogen (secondary N) is 2. The Morgan fingerprint density at radius 3 is 2.17 bits per heavy atom. The molecule has 0 saturated carbocycles. The van der Waals surface area contributed by atoms with Crippen LogP contribution in [0.25, 0.3) is 0 Å². The summed E-state index contributed by atoms with van der Waals surface area (Å²) in [7, 11) is 0. The average Bonchev–Trinajstić information content (AvgIpc) is 2.43. The highest BCUT2D eigenvalue weighted by molar-refractivity contribution is 6.30. The first-order valence-corrected chi connectivity index (χ1v) is 6.57. The summed E-state index contributed by atoms with van der Waals surface area (Å²) >= 11 is 5.66. The van der Waals surface area contributed by atoms with Crippen LogP contribution in [0.4, 0.5) is 13.2 Å². The first-order chi connectivity index (χ1) is 10.6. The molecule has 0 saturated heterocycles. The van der Waals surface area contributed by atoms with Crippen LogP contribution >= 0.6 is 11.6 Å². The van der Waals surface area contributed by atoms with Crippen molar-refractivity contribution in [2.24, 2.45) is 0 Å². The maximum atomic E-state index is 11.9. The maximum absolute atomic E-state index is 11.9. The largest absolute Gasteiger partial charge is 0.479 e. The minimum absolute atomic E-state index is 0.200. The van der Waals surface area contributed by atoms with E-state index in [1.54, 1.807) is 0 Å². The quantitative estimate of drug-likeness (QED) is 0.678.